The van der Waals surface area contributed by atoms with Crippen LogP contribution < -0.4 is 0 Å². The summed E-state index contributed by atoms with van der Waals surface area (Å²) >= 11 is 1.40. The lowest BCUT2D eigenvalue weighted by atomic mass is 9.46. The van der Waals surface area contributed by atoms with Crippen molar-refractivity contribution in [2.24, 2.45) is 28.6 Å². The van der Waals surface area contributed by atoms with Crippen LogP contribution in [0.4, 0.5) is 0 Å². The summed E-state index contributed by atoms with van der Waals surface area (Å²) in [5, 5.41) is 12.6. The van der Waals surface area contributed by atoms with Gasteiger partial charge in [-0.1, -0.05) is 49.4 Å². The first-order valence-electron chi connectivity index (χ1n) is 14.1. The van der Waals surface area contributed by atoms with Gasteiger partial charge in [0, 0.05) is 16.7 Å². The van der Waals surface area contributed by atoms with E-state index in [0.717, 1.165) is 35.9 Å². The fourth-order valence-corrected chi connectivity index (χ4v) is 9.99. The number of aliphatic hydroxyl groups is 1. The quantitative estimate of drug-likeness (QED) is 0.519. The summed E-state index contributed by atoms with van der Waals surface area (Å²) in [4.78, 5) is 34.5. The van der Waals surface area contributed by atoms with Crippen LogP contribution in [0.25, 0.3) is 11.0 Å². The maximum Gasteiger partial charge on any atom is 0.178 e. The Hall–Kier alpha value is -2.26. The highest BCUT2D eigenvalue weighted by molar-refractivity contribution is 7.99. The normalized spacial score (nSPS) is 42.0. The molecule has 0 bridgehead atoms. The molecule has 0 amide bonds. The first-order chi connectivity index (χ1) is 18.5. The van der Waals surface area contributed by atoms with Crippen molar-refractivity contribution in [3.63, 3.8) is 0 Å². The van der Waals surface area contributed by atoms with E-state index in [4.69, 9.17) is 9.47 Å². The SMILES string of the molecule is CC1(C)O[C@@H]2CC3C4CCC5=CC(=O)C=CC5(C)C4[C@@H](O)CC3(C)[C@@]2(C(=O)CSc2nc3ccccc3[nH]2)O1. The number of hydrogen-bond acceptors (Lipinski definition) is 7. The van der Waals surface area contributed by atoms with E-state index in [9.17, 15) is 14.7 Å². The minimum Gasteiger partial charge on any atom is -0.393 e. The number of hydrogen-bond donors (Lipinski definition) is 2. The Balaban J connectivity index is 1.23. The second-order valence-corrected chi connectivity index (χ2v) is 14.0. The molecule has 7 nitrogen and oxygen atoms in total. The number of benzene rings is 1. The number of aromatic nitrogens is 2. The number of ether oxygens (including phenoxy) is 2. The van der Waals surface area contributed by atoms with Gasteiger partial charge in [-0.25, -0.2) is 4.98 Å². The van der Waals surface area contributed by atoms with E-state index in [-0.39, 0.29) is 46.6 Å². The number of nitrogens with zero attached hydrogens (tertiary/aromatic N) is 1. The Morgan fingerprint density at radius 3 is 2.82 bits per heavy atom. The fourth-order valence-electron chi connectivity index (χ4n) is 9.16. The molecule has 1 aliphatic heterocycles. The van der Waals surface area contributed by atoms with Gasteiger partial charge in [0.05, 0.1) is 29.0 Å². The molecule has 8 heteroatoms. The number of allylic oxidation sites excluding steroid dienone is 4. The summed E-state index contributed by atoms with van der Waals surface area (Å²) in [5.74, 6) is -0.293. The van der Waals surface area contributed by atoms with Crippen LogP contribution in [0.2, 0.25) is 0 Å². The summed E-state index contributed by atoms with van der Waals surface area (Å²) in [5.41, 5.74) is 0.864. The smallest absolute Gasteiger partial charge is 0.178 e. The second-order valence-electron chi connectivity index (χ2n) is 13.1. The number of aromatic amines is 1. The topological polar surface area (TPSA) is 102 Å². The maximum atomic E-state index is 14.4. The van der Waals surface area contributed by atoms with Crippen molar-refractivity contribution in [3.8, 4) is 0 Å². The van der Waals surface area contributed by atoms with Crippen LogP contribution in [0.1, 0.15) is 53.4 Å². The number of ketones is 2. The number of imidazole rings is 1. The molecule has 1 aromatic heterocycles. The van der Waals surface area contributed by atoms with Crippen LogP contribution >= 0.6 is 11.8 Å². The van der Waals surface area contributed by atoms with Gasteiger partial charge in [-0.15, -0.1) is 0 Å². The highest BCUT2D eigenvalue weighted by atomic mass is 32.2. The summed E-state index contributed by atoms with van der Waals surface area (Å²) < 4.78 is 13.2. The zero-order valence-corrected chi connectivity index (χ0v) is 23.7. The predicted molar refractivity (Wildman–Crippen MR) is 148 cm³/mol. The van der Waals surface area contributed by atoms with E-state index >= 15 is 0 Å². The molecule has 5 aliphatic rings. The molecular formula is C31H36N2O5S. The van der Waals surface area contributed by atoms with E-state index in [1.54, 1.807) is 12.2 Å². The average molecular weight is 549 g/mol. The predicted octanol–water partition coefficient (Wildman–Crippen LogP) is 5.00. The molecule has 2 heterocycles. The van der Waals surface area contributed by atoms with E-state index in [1.165, 1.54) is 11.8 Å². The Bertz CT molecular complexity index is 1410. The highest BCUT2D eigenvalue weighted by Crippen LogP contribution is 2.70. The summed E-state index contributed by atoms with van der Waals surface area (Å²) in [7, 11) is 0. The van der Waals surface area contributed by atoms with Gasteiger partial charge in [0.25, 0.3) is 0 Å². The second kappa shape index (κ2) is 8.38. The van der Waals surface area contributed by atoms with E-state index in [0.29, 0.717) is 11.6 Å². The number of thioether (sulfide) groups is 1. The average Bonchev–Trinajstić information content (AvgIpc) is 3.49. The number of nitrogens with one attached hydrogen (secondary N) is 1. The molecule has 1 aromatic carbocycles. The molecule has 4 aliphatic carbocycles. The highest BCUT2D eigenvalue weighted by Gasteiger charge is 2.76. The van der Waals surface area contributed by atoms with Crippen LogP contribution in [0, 0.1) is 28.6 Å². The van der Waals surface area contributed by atoms with Crippen LogP contribution in [0.5, 0.6) is 0 Å². The van der Waals surface area contributed by atoms with Gasteiger partial charge in [0.1, 0.15) is 0 Å². The maximum absolute atomic E-state index is 14.4. The van der Waals surface area contributed by atoms with E-state index < -0.39 is 22.9 Å². The lowest BCUT2D eigenvalue weighted by Gasteiger charge is -2.60. The van der Waals surface area contributed by atoms with Gasteiger partial charge in [0.15, 0.2) is 28.1 Å². The van der Waals surface area contributed by atoms with Crippen LogP contribution in [-0.4, -0.2) is 56.0 Å². The van der Waals surface area contributed by atoms with Crippen molar-refractivity contribution in [1.82, 2.24) is 9.97 Å². The van der Waals surface area contributed by atoms with Crippen molar-refractivity contribution < 1.29 is 24.2 Å². The third-order valence-corrected chi connectivity index (χ3v) is 11.5. The summed E-state index contributed by atoms with van der Waals surface area (Å²) in [6.45, 7) is 8.09. The lowest BCUT2D eigenvalue weighted by Crippen LogP contribution is -2.63. The van der Waals surface area contributed by atoms with Gasteiger partial charge < -0.3 is 19.6 Å². The van der Waals surface area contributed by atoms with Gasteiger partial charge in [-0.2, -0.15) is 0 Å². The number of para-hydroxylation sites is 2. The van der Waals surface area contributed by atoms with Crippen molar-refractivity contribution in [2.45, 2.75) is 82.1 Å². The fraction of sp³-hybridized carbons (Fsp3) is 0.581. The molecule has 206 valence electrons. The third-order valence-electron chi connectivity index (χ3n) is 10.6. The Labute approximate surface area is 232 Å². The van der Waals surface area contributed by atoms with Crippen molar-refractivity contribution in [3.05, 3.63) is 48.1 Å². The number of carbonyl (C=O) groups excluding carboxylic acids is 2. The molecule has 1 saturated heterocycles. The van der Waals surface area contributed by atoms with Crippen LogP contribution in [0.15, 0.2) is 53.2 Å². The summed E-state index contributed by atoms with van der Waals surface area (Å²) in [6.07, 6.45) is 7.36. The zero-order valence-electron chi connectivity index (χ0n) is 22.9. The van der Waals surface area contributed by atoms with Gasteiger partial charge >= 0.3 is 0 Å². The number of H-pyrrole nitrogens is 1. The number of fused-ring (bicyclic) bond motifs is 8. The molecule has 5 unspecified atom stereocenters. The van der Waals surface area contributed by atoms with Gasteiger partial charge in [-0.3, -0.25) is 9.59 Å². The molecule has 4 fully saturated rings. The van der Waals surface area contributed by atoms with E-state index in [1.807, 2.05) is 44.2 Å². The largest absolute Gasteiger partial charge is 0.393 e. The molecule has 2 N–H and O–H groups in total. The number of carbonyl (C=O) groups is 2. The molecule has 2 aromatic rings. The van der Waals surface area contributed by atoms with Crippen LogP contribution in [0.3, 0.4) is 0 Å². The molecule has 3 saturated carbocycles. The lowest BCUT2D eigenvalue weighted by molar-refractivity contribution is -0.223. The summed E-state index contributed by atoms with van der Waals surface area (Å²) in [6, 6.07) is 7.84. The Kier molecular flexibility index (Phi) is 5.52. The molecule has 7 rings (SSSR count). The third kappa shape index (κ3) is 3.51. The Morgan fingerprint density at radius 2 is 2.03 bits per heavy atom. The van der Waals surface area contributed by atoms with Crippen molar-refractivity contribution in [2.75, 3.05) is 5.75 Å². The number of rotatable bonds is 4. The van der Waals surface area contributed by atoms with Gasteiger partial charge in [-0.05, 0) is 75.7 Å². The van der Waals surface area contributed by atoms with Crippen molar-refractivity contribution in [1.29, 1.82) is 0 Å². The van der Waals surface area contributed by atoms with Crippen LogP contribution in [-0.2, 0) is 19.1 Å². The van der Waals surface area contributed by atoms with E-state index in [2.05, 4.69) is 23.8 Å². The molecule has 0 spiro atoms. The number of aliphatic hydroxyl groups excluding tert-OH is 1. The molecular weight excluding hydrogens is 512 g/mol. The molecule has 8 atom stereocenters. The van der Waals surface area contributed by atoms with Crippen molar-refractivity contribution >= 4 is 34.4 Å². The number of Topliss-reactive ketones (excluding diaryl/α,β-unsaturated/α-hetero) is 1. The minimum absolute atomic E-state index is 0.00458. The minimum atomic E-state index is -1.14. The Morgan fingerprint density at radius 1 is 1.23 bits per heavy atom. The zero-order chi connectivity index (χ0) is 27.4. The molecule has 39 heavy (non-hydrogen) atoms. The molecule has 0 radical (unpaired) electrons. The monoisotopic (exact) mass is 548 g/mol. The first-order valence-corrected chi connectivity index (χ1v) is 15.1. The van der Waals surface area contributed by atoms with Gasteiger partial charge in [0.2, 0.25) is 0 Å². The standard InChI is InChI=1S/C31H36N2O5S/c1-28(2)37-25-14-20-19-10-9-17-13-18(34)11-12-29(17,3)26(19)23(35)15-30(20,4)31(25,38-28)24(36)16-39-27-32-21-7-5-6-8-22(21)33-27/h5-8,11-13,19-20,23,25-26,35H,9-10,14-16H2,1-4H3,(H,32,33)/t19?,20?,23-,25+,26?,29?,30?,31-/m0/s1. The first kappa shape index (κ1) is 25.7.